The maximum Gasteiger partial charge on any atom is 0.231 e. The van der Waals surface area contributed by atoms with Crippen molar-refractivity contribution in [2.45, 2.75) is 20.3 Å². The number of rotatable bonds is 2. The highest BCUT2D eigenvalue weighted by Crippen LogP contribution is 2.46. The van der Waals surface area contributed by atoms with Gasteiger partial charge in [0.2, 0.25) is 12.5 Å². The zero-order valence-corrected chi connectivity index (χ0v) is 14.3. The van der Waals surface area contributed by atoms with E-state index in [9.17, 15) is 20.1 Å². The molecule has 0 amide bonds. The topological polar surface area (TPSA) is 105 Å². The monoisotopic (exact) mass is 358 g/mol. The molecule has 0 fully saturated rings. The van der Waals surface area contributed by atoms with Crippen LogP contribution >= 0.6 is 0 Å². The molecule has 0 bridgehead atoms. The number of Topliss-reactive ketones (excluding diaryl/α,β-unsaturated/α-hetero) is 1. The van der Waals surface area contributed by atoms with E-state index in [-0.39, 0.29) is 65.5 Å². The predicted molar refractivity (Wildman–Crippen MR) is 90.5 cm³/mol. The number of hydrogen-bond donors (Lipinski definition) is 3. The van der Waals surface area contributed by atoms with Gasteiger partial charge in [-0.15, -0.1) is 0 Å². The Hall–Kier alpha value is -3.09. The molecule has 0 saturated heterocycles. The lowest BCUT2D eigenvalue weighted by molar-refractivity contribution is 0.0823. The second-order valence-electron chi connectivity index (χ2n) is 6.53. The van der Waals surface area contributed by atoms with Crippen LogP contribution in [-0.2, 0) is 6.42 Å². The first-order valence-corrected chi connectivity index (χ1v) is 8.22. The highest BCUT2D eigenvalue weighted by Gasteiger charge is 2.36. The van der Waals surface area contributed by atoms with Crippen molar-refractivity contribution in [3.63, 3.8) is 0 Å². The normalized spacial score (nSPS) is 17.8. The van der Waals surface area contributed by atoms with E-state index in [0.717, 1.165) is 0 Å². The van der Waals surface area contributed by atoms with Gasteiger partial charge in [-0.1, -0.05) is 6.07 Å². The first-order valence-electron chi connectivity index (χ1n) is 8.22. The van der Waals surface area contributed by atoms with Crippen LogP contribution in [0.4, 0.5) is 0 Å². The van der Waals surface area contributed by atoms with Gasteiger partial charge in [0, 0.05) is 11.1 Å². The molecule has 26 heavy (non-hydrogen) atoms. The third kappa shape index (κ3) is 2.23. The lowest BCUT2D eigenvalue weighted by atomic mass is 9.86. The van der Waals surface area contributed by atoms with Gasteiger partial charge >= 0.3 is 0 Å². The zero-order chi connectivity index (χ0) is 18.6. The van der Waals surface area contributed by atoms with Gasteiger partial charge in [0.05, 0.1) is 12.5 Å². The second-order valence-corrected chi connectivity index (χ2v) is 6.53. The number of ketones is 1. The van der Waals surface area contributed by atoms with Crippen molar-refractivity contribution in [3.8, 4) is 34.5 Å². The molecule has 2 heterocycles. The summed E-state index contributed by atoms with van der Waals surface area (Å²) in [5.74, 6) is -0.333. The summed E-state index contributed by atoms with van der Waals surface area (Å²) in [4.78, 5) is 12.9. The van der Waals surface area contributed by atoms with E-state index in [2.05, 4.69) is 0 Å². The number of carbonyl (C=O) groups is 1. The van der Waals surface area contributed by atoms with Crippen LogP contribution in [0.3, 0.4) is 0 Å². The average Bonchev–Trinajstić information content (AvgIpc) is 3.11. The van der Waals surface area contributed by atoms with E-state index in [0.29, 0.717) is 16.9 Å². The van der Waals surface area contributed by atoms with E-state index in [4.69, 9.17) is 14.2 Å². The summed E-state index contributed by atoms with van der Waals surface area (Å²) in [7, 11) is 0. The molecule has 136 valence electrons. The Morgan fingerprint density at radius 2 is 1.73 bits per heavy atom. The van der Waals surface area contributed by atoms with Crippen LogP contribution in [0.5, 0.6) is 34.5 Å². The third-order valence-electron chi connectivity index (χ3n) is 4.98. The number of carbonyl (C=O) groups excluding carboxylic acids is 1. The smallest absolute Gasteiger partial charge is 0.231 e. The number of phenols is 3. The molecule has 0 saturated carbocycles. The molecule has 1 unspecified atom stereocenters. The molecule has 3 N–H and O–H groups in total. The molecule has 0 radical (unpaired) electrons. The molecule has 7 heteroatoms. The largest absolute Gasteiger partial charge is 0.507 e. The first-order chi connectivity index (χ1) is 12.4. The van der Waals surface area contributed by atoms with Crippen LogP contribution in [0.1, 0.15) is 27.0 Å². The predicted octanol–water partition coefficient (Wildman–Crippen LogP) is 2.58. The van der Waals surface area contributed by atoms with Crippen LogP contribution in [0.15, 0.2) is 12.1 Å². The fourth-order valence-electron chi connectivity index (χ4n) is 3.44. The highest BCUT2D eigenvalue weighted by molar-refractivity contribution is 6.05. The van der Waals surface area contributed by atoms with Gasteiger partial charge in [-0.25, -0.2) is 0 Å². The number of ether oxygens (including phenoxy) is 3. The average molecular weight is 358 g/mol. The van der Waals surface area contributed by atoms with E-state index in [1.165, 1.54) is 0 Å². The maximum atomic E-state index is 12.9. The molecule has 4 rings (SSSR count). The molecule has 0 aromatic heterocycles. The Balaban J connectivity index is 1.69. The van der Waals surface area contributed by atoms with Crippen molar-refractivity contribution in [1.29, 1.82) is 0 Å². The van der Waals surface area contributed by atoms with E-state index < -0.39 is 5.92 Å². The summed E-state index contributed by atoms with van der Waals surface area (Å²) in [6.45, 7) is 3.31. The summed E-state index contributed by atoms with van der Waals surface area (Å²) in [5, 5.41) is 30.7. The summed E-state index contributed by atoms with van der Waals surface area (Å²) in [6.07, 6.45) is 0.221. The Morgan fingerprint density at radius 3 is 2.50 bits per heavy atom. The SMILES string of the molecule is Cc1c(O)c(C)c2c(c1O)C(=O)C(Cc1ccc3c(c1O)OCO3)CO2. The van der Waals surface area contributed by atoms with Crippen molar-refractivity contribution in [2.75, 3.05) is 13.4 Å². The number of hydrogen-bond acceptors (Lipinski definition) is 7. The second kappa shape index (κ2) is 5.72. The molecule has 0 aliphatic carbocycles. The standard InChI is InChI=1S/C19H18O7/c1-8-14(20)9(2)18-13(15(8)21)16(22)11(6-24-18)5-10-3-4-12-19(17(10)23)26-7-25-12/h3-4,11,20-21,23H,5-7H2,1-2H3. The van der Waals surface area contributed by atoms with E-state index in [1.54, 1.807) is 26.0 Å². The van der Waals surface area contributed by atoms with Gasteiger partial charge in [0.15, 0.2) is 17.3 Å². The minimum absolute atomic E-state index is 0.0428. The Labute approximate surface area is 149 Å². The Morgan fingerprint density at radius 1 is 0.962 bits per heavy atom. The van der Waals surface area contributed by atoms with Crippen LogP contribution < -0.4 is 14.2 Å². The van der Waals surface area contributed by atoms with E-state index >= 15 is 0 Å². The fraction of sp³-hybridized carbons (Fsp3) is 0.316. The number of phenolic OH excluding ortho intramolecular Hbond substituents is 3. The Bertz CT molecular complexity index is 932. The lowest BCUT2D eigenvalue weighted by Crippen LogP contribution is -2.30. The maximum absolute atomic E-state index is 12.9. The molecular formula is C19H18O7. The van der Waals surface area contributed by atoms with E-state index in [1.807, 2.05) is 0 Å². The van der Waals surface area contributed by atoms with Crippen LogP contribution in [0.2, 0.25) is 0 Å². The van der Waals surface area contributed by atoms with Crippen LogP contribution in [0, 0.1) is 19.8 Å². The molecule has 2 aliphatic rings. The van der Waals surface area contributed by atoms with Gasteiger partial charge in [0.25, 0.3) is 0 Å². The summed E-state index contributed by atoms with van der Waals surface area (Å²) >= 11 is 0. The van der Waals surface area contributed by atoms with Gasteiger partial charge < -0.3 is 29.5 Å². The van der Waals surface area contributed by atoms with Crippen molar-refractivity contribution in [1.82, 2.24) is 0 Å². The molecule has 2 aliphatic heterocycles. The third-order valence-corrected chi connectivity index (χ3v) is 4.98. The number of aromatic hydroxyl groups is 3. The van der Waals surface area contributed by atoms with Crippen LogP contribution in [-0.4, -0.2) is 34.5 Å². The lowest BCUT2D eigenvalue weighted by Gasteiger charge is -2.27. The molecule has 0 spiro atoms. The molecule has 7 nitrogen and oxygen atoms in total. The molecule has 1 atom stereocenters. The molecule has 2 aromatic carbocycles. The summed E-state index contributed by atoms with van der Waals surface area (Å²) < 4.78 is 16.1. The molecular weight excluding hydrogens is 340 g/mol. The number of fused-ring (bicyclic) bond motifs is 2. The van der Waals surface area contributed by atoms with Gasteiger partial charge in [-0.3, -0.25) is 4.79 Å². The number of benzene rings is 2. The first kappa shape index (κ1) is 16.4. The van der Waals surface area contributed by atoms with Gasteiger partial charge in [-0.05, 0) is 31.9 Å². The van der Waals surface area contributed by atoms with Crippen LogP contribution in [0.25, 0.3) is 0 Å². The van der Waals surface area contributed by atoms with Crippen molar-refractivity contribution >= 4 is 5.78 Å². The zero-order valence-electron chi connectivity index (χ0n) is 14.3. The minimum atomic E-state index is -0.581. The quantitative estimate of drug-likeness (QED) is 0.758. The Kier molecular flexibility index (Phi) is 3.61. The highest BCUT2D eigenvalue weighted by atomic mass is 16.7. The van der Waals surface area contributed by atoms with Crippen molar-refractivity contribution in [3.05, 3.63) is 34.4 Å². The fourth-order valence-corrected chi connectivity index (χ4v) is 3.44. The van der Waals surface area contributed by atoms with Gasteiger partial charge in [0.1, 0.15) is 22.8 Å². The molecule has 2 aromatic rings. The summed E-state index contributed by atoms with van der Waals surface area (Å²) in [5.41, 5.74) is 1.28. The summed E-state index contributed by atoms with van der Waals surface area (Å²) in [6, 6.07) is 3.36. The minimum Gasteiger partial charge on any atom is -0.507 e. The van der Waals surface area contributed by atoms with Gasteiger partial charge in [-0.2, -0.15) is 0 Å². The van der Waals surface area contributed by atoms with Crippen molar-refractivity contribution in [2.24, 2.45) is 5.92 Å². The van der Waals surface area contributed by atoms with Crippen molar-refractivity contribution < 1.29 is 34.3 Å².